The van der Waals surface area contributed by atoms with E-state index in [0.29, 0.717) is 40.3 Å². The highest BCUT2D eigenvalue weighted by molar-refractivity contribution is 6.32. The Kier molecular flexibility index (Phi) is 4.97. The maximum absolute atomic E-state index is 14.4. The van der Waals surface area contributed by atoms with E-state index in [1.54, 1.807) is 48.6 Å². The molecule has 6 heteroatoms. The van der Waals surface area contributed by atoms with Gasteiger partial charge in [0.1, 0.15) is 17.0 Å². The lowest BCUT2D eigenvalue weighted by molar-refractivity contribution is -0.118. The fourth-order valence-corrected chi connectivity index (χ4v) is 6.47. The molecule has 0 radical (unpaired) electrons. The Balaban J connectivity index is 1.69. The van der Waals surface area contributed by atoms with Crippen LogP contribution in [-0.2, 0) is 4.79 Å². The molecule has 1 spiro atoms. The average molecular weight is 482 g/mol. The number of hydrogen-bond donors (Lipinski definition) is 0. The first kappa shape index (κ1) is 22.4. The standard InChI is InChI=1S/C30H24FNO4/c1-3-36-24-11-7-6-10-22(24)26-27(17(2)33)32-23-14-13-19(31)16-18(23)12-15-25(32)30(26)28(34)20-8-4-5-9-21(20)29(30)35/h4-16,25-27H,3H2,1-2H3/t25-,26-,27-/m1/s1. The van der Waals surface area contributed by atoms with Crippen LogP contribution in [0, 0.1) is 11.2 Å². The summed E-state index contributed by atoms with van der Waals surface area (Å²) in [6.07, 6.45) is 3.53. The van der Waals surface area contributed by atoms with Gasteiger partial charge in [0.15, 0.2) is 17.3 Å². The van der Waals surface area contributed by atoms with Gasteiger partial charge in [-0.1, -0.05) is 54.6 Å². The third-order valence-electron chi connectivity index (χ3n) is 7.74. The number of carbonyl (C=O) groups is 3. The molecule has 36 heavy (non-hydrogen) atoms. The van der Waals surface area contributed by atoms with Crippen molar-refractivity contribution < 1.29 is 23.5 Å². The molecule has 0 aromatic heterocycles. The number of rotatable bonds is 4. The van der Waals surface area contributed by atoms with Crippen LogP contribution in [0.2, 0.25) is 0 Å². The van der Waals surface area contributed by atoms with Crippen LogP contribution in [0.15, 0.2) is 72.8 Å². The molecule has 0 N–H and O–H groups in total. The lowest BCUT2D eigenvalue weighted by Crippen LogP contribution is -2.48. The normalized spacial score (nSPS) is 23.0. The van der Waals surface area contributed by atoms with Crippen LogP contribution in [0.4, 0.5) is 10.1 Å². The third-order valence-corrected chi connectivity index (χ3v) is 7.74. The van der Waals surface area contributed by atoms with Crippen molar-refractivity contribution in [2.45, 2.75) is 31.8 Å². The number of ether oxygens (including phenoxy) is 1. The Hall–Kier alpha value is -4.06. The van der Waals surface area contributed by atoms with Crippen LogP contribution in [0.1, 0.15) is 51.6 Å². The van der Waals surface area contributed by atoms with Crippen molar-refractivity contribution in [1.29, 1.82) is 0 Å². The van der Waals surface area contributed by atoms with E-state index < -0.39 is 29.2 Å². The molecular formula is C30H24FNO4. The molecule has 0 amide bonds. The molecular weight excluding hydrogens is 457 g/mol. The van der Waals surface area contributed by atoms with Crippen LogP contribution in [0.25, 0.3) is 6.08 Å². The van der Waals surface area contributed by atoms with Crippen molar-refractivity contribution >= 4 is 29.1 Å². The van der Waals surface area contributed by atoms with E-state index in [4.69, 9.17) is 4.74 Å². The van der Waals surface area contributed by atoms with Crippen LogP contribution in [-0.4, -0.2) is 36.0 Å². The fourth-order valence-electron chi connectivity index (χ4n) is 6.47. The first-order valence-corrected chi connectivity index (χ1v) is 12.1. The largest absolute Gasteiger partial charge is 0.494 e. The van der Waals surface area contributed by atoms with Gasteiger partial charge >= 0.3 is 0 Å². The lowest BCUT2D eigenvalue weighted by atomic mass is 9.64. The SMILES string of the molecule is CCOc1ccccc1[C@@H]1[C@@H](C(C)=O)N2c3ccc(F)cc3C=C[C@@H]2C12C(=O)c1ccccc1C2=O. The number of para-hydroxylation sites is 1. The van der Waals surface area contributed by atoms with Crippen molar-refractivity contribution in [3.05, 3.63) is 101 Å². The average Bonchev–Trinajstić information content (AvgIpc) is 3.31. The van der Waals surface area contributed by atoms with Crippen molar-refractivity contribution in [3.8, 4) is 5.75 Å². The number of halogens is 1. The summed E-state index contributed by atoms with van der Waals surface area (Å²) < 4.78 is 20.1. The molecule has 3 aromatic carbocycles. The number of benzene rings is 3. The van der Waals surface area contributed by atoms with E-state index in [9.17, 15) is 18.8 Å². The summed E-state index contributed by atoms with van der Waals surface area (Å²) >= 11 is 0. The number of anilines is 1. The predicted molar refractivity (Wildman–Crippen MR) is 134 cm³/mol. The second-order valence-electron chi connectivity index (χ2n) is 9.49. The number of nitrogens with zero attached hydrogens (tertiary/aromatic N) is 1. The zero-order valence-electron chi connectivity index (χ0n) is 19.9. The Labute approximate surface area is 208 Å². The molecule has 0 bridgehead atoms. The van der Waals surface area contributed by atoms with Crippen molar-refractivity contribution in [3.63, 3.8) is 0 Å². The molecule has 2 heterocycles. The zero-order valence-corrected chi connectivity index (χ0v) is 19.9. The fraction of sp³-hybridized carbons (Fsp3) is 0.233. The summed E-state index contributed by atoms with van der Waals surface area (Å²) in [4.78, 5) is 44.1. The Morgan fingerprint density at radius 3 is 2.33 bits per heavy atom. The molecule has 0 unspecified atom stereocenters. The number of Topliss-reactive ketones (excluding diaryl/α,β-unsaturated/α-hetero) is 3. The van der Waals surface area contributed by atoms with Crippen molar-refractivity contribution in [2.75, 3.05) is 11.5 Å². The lowest BCUT2D eigenvalue weighted by Gasteiger charge is -2.37. The van der Waals surface area contributed by atoms with Gasteiger partial charge in [0.25, 0.3) is 0 Å². The molecule has 6 rings (SSSR count). The molecule has 1 saturated heterocycles. The van der Waals surface area contributed by atoms with E-state index >= 15 is 0 Å². The van der Waals surface area contributed by atoms with Gasteiger partial charge in [-0.2, -0.15) is 0 Å². The van der Waals surface area contributed by atoms with Gasteiger partial charge in [0.05, 0.1) is 18.7 Å². The first-order valence-electron chi connectivity index (χ1n) is 12.1. The van der Waals surface area contributed by atoms with E-state index in [1.807, 2.05) is 30.0 Å². The molecule has 0 saturated carbocycles. The first-order chi connectivity index (χ1) is 17.4. The maximum Gasteiger partial charge on any atom is 0.180 e. The van der Waals surface area contributed by atoms with Gasteiger partial charge in [-0.05, 0) is 38.1 Å². The van der Waals surface area contributed by atoms with Gasteiger partial charge in [-0.3, -0.25) is 14.4 Å². The van der Waals surface area contributed by atoms with Crippen LogP contribution in [0.5, 0.6) is 5.75 Å². The Morgan fingerprint density at radius 2 is 1.67 bits per heavy atom. The van der Waals surface area contributed by atoms with Gasteiger partial charge in [-0.15, -0.1) is 0 Å². The van der Waals surface area contributed by atoms with Gasteiger partial charge in [0, 0.05) is 33.9 Å². The third kappa shape index (κ3) is 2.78. The topological polar surface area (TPSA) is 63.7 Å². The van der Waals surface area contributed by atoms with Gasteiger partial charge in [-0.25, -0.2) is 4.39 Å². The molecule has 3 aliphatic rings. The molecule has 3 aromatic rings. The zero-order chi connectivity index (χ0) is 25.2. The van der Waals surface area contributed by atoms with Gasteiger partial charge < -0.3 is 9.64 Å². The number of carbonyl (C=O) groups excluding carboxylic acids is 3. The quantitative estimate of drug-likeness (QED) is 0.477. The molecule has 2 aliphatic heterocycles. The van der Waals surface area contributed by atoms with Crippen LogP contribution in [0.3, 0.4) is 0 Å². The highest BCUT2D eigenvalue weighted by Gasteiger charge is 2.71. The van der Waals surface area contributed by atoms with Crippen LogP contribution < -0.4 is 9.64 Å². The monoisotopic (exact) mass is 481 g/mol. The molecule has 1 aliphatic carbocycles. The summed E-state index contributed by atoms with van der Waals surface area (Å²) in [5.41, 5.74) is 1.02. The maximum atomic E-state index is 14.4. The van der Waals surface area contributed by atoms with E-state index in [1.165, 1.54) is 19.1 Å². The van der Waals surface area contributed by atoms with Crippen molar-refractivity contribution in [1.82, 2.24) is 0 Å². The molecule has 5 nitrogen and oxygen atoms in total. The smallest absolute Gasteiger partial charge is 0.180 e. The number of ketones is 3. The summed E-state index contributed by atoms with van der Waals surface area (Å²) in [5, 5.41) is 0. The summed E-state index contributed by atoms with van der Waals surface area (Å²) in [7, 11) is 0. The molecule has 180 valence electrons. The number of hydrogen-bond acceptors (Lipinski definition) is 5. The minimum absolute atomic E-state index is 0.185. The summed E-state index contributed by atoms with van der Waals surface area (Å²) in [5.74, 6) is -1.45. The van der Waals surface area contributed by atoms with Crippen molar-refractivity contribution in [2.24, 2.45) is 5.41 Å². The van der Waals surface area contributed by atoms with E-state index in [2.05, 4.69) is 0 Å². The second kappa shape index (κ2) is 7.98. The molecule has 1 fully saturated rings. The van der Waals surface area contributed by atoms with Gasteiger partial charge in [0.2, 0.25) is 0 Å². The minimum atomic E-state index is -1.57. The number of fused-ring (bicyclic) bond motifs is 5. The predicted octanol–water partition coefficient (Wildman–Crippen LogP) is 5.25. The summed E-state index contributed by atoms with van der Waals surface area (Å²) in [6.45, 7) is 3.73. The van der Waals surface area contributed by atoms with E-state index in [-0.39, 0.29) is 17.3 Å². The Morgan fingerprint density at radius 1 is 1.00 bits per heavy atom. The van der Waals surface area contributed by atoms with Crippen LogP contribution >= 0.6 is 0 Å². The summed E-state index contributed by atoms with van der Waals surface area (Å²) in [6, 6.07) is 17.0. The van der Waals surface area contributed by atoms with E-state index in [0.717, 1.165) is 0 Å². The minimum Gasteiger partial charge on any atom is -0.494 e. The second-order valence-corrected chi connectivity index (χ2v) is 9.49. The highest BCUT2D eigenvalue weighted by Crippen LogP contribution is 2.61. The Bertz CT molecular complexity index is 1440. The molecule has 3 atom stereocenters. The highest BCUT2D eigenvalue weighted by atomic mass is 19.1.